The first-order valence-electron chi connectivity index (χ1n) is 8.94. The number of fused-ring (bicyclic) bond motifs is 1. The van der Waals surface area contributed by atoms with Crippen LogP contribution in [-0.2, 0) is 0 Å². The van der Waals surface area contributed by atoms with E-state index < -0.39 is 0 Å². The maximum atomic E-state index is 12.9. The zero-order valence-electron chi connectivity index (χ0n) is 15.0. The van der Waals surface area contributed by atoms with Gasteiger partial charge in [-0.2, -0.15) is 4.98 Å². The van der Waals surface area contributed by atoms with E-state index in [0.29, 0.717) is 22.9 Å². The summed E-state index contributed by atoms with van der Waals surface area (Å²) < 4.78 is 5.21. The standard InChI is InChI=1S/C20H22N4O2/c1-13-4-3-11-24(12-13)20-22-18-17(19(25)23-20)16(9-10-21-18)14-5-7-15(26-2)8-6-14/h5-10,13H,3-4,11-12H2,1-2H3,(H,21,22,23,25). The topological polar surface area (TPSA) is 71.1 Å². The molecule has 0 radical (unpaired) electrons. The number of H-pyrrole nitrogens is 1. The van der Waals surface area contributed by atoms with Crippen molar-refractivity contribution in [2.45, 2.75) is 19.8 Å². The smallest absolute Gasteiger partial charge is 0.262 e. The Morgan fingerprint density at radius 1 is 1.23 bits per heavy atom. The Morgan fingerprint density at radius 3 is 2.77 bits per heavy atom. The Morgan fingerprint density at radius 2 is 2.04 bits per heavy atom. The monoisotopic (exact) mass is 350 g/mol. The lowest BCUT2D eigenvalue weighted by atomic mass is 10.0. The predicted molar refractivity (Wildman–Crippen MR) is 103 cm³/mol. The molecule has 1 aliphatic heterocycles. The second-order valence-electron chi connectivity index (χ2n) is 6.87. The highest BCUT2D eigenvalue weighted by Gasteiger charge is 2.20. The van der Waals surface area contributed by atoms with Crippen molar-refractivity contribution in [3.8, 4) is 16.9 Å². The van der Waals surface area contributed by atoms with Gasteiger partial charge in [-0.3, -0.25) is 9.78 Å². The molecule has 1 atom stereocenters. The molecule has 134 valence electrons. The first kappa shape index (κ1) is 16.6. The van der Waals surface area contributed by atoms with Gasteiger partial charge in [0.05, 0.1) is 12.5 Å². The number of methoxy groups -OCH3 is 1. The van der Waals surface area contributed by atoms with Crippen LogP contribution in [0.25, 0.3) is 22.2 Å². The summed E-state index contributed by atoms with van der Waals surface area (Å²) in [5.41, 5.74) is 2.09. The quantitative estimate of drug-likeness (QED) is 0.785. The van der Waals surface area contributed by atoms with Crippen LogP contribution in [0.5, 0.6) is 5.75 Å². The third-order valence-electron chi connectivity index (χ3n) is 4.95. The fraction of sp³-hybridized carbons (Fsp3) is 0.350. The van der Waals surface area contributed by atoms with Gasteiger partial charge in [0.25, 0.3) is 5.56 Å². The number of nitrogens with zero attached hydrogens (tertiary/aromatic N) is 3. The first-order chi connectivity index (χ1) is 12.7. The van der Waals surface area contributed by atoms with Gasteiger partial charge in [0.2, 0.25) is 5.95 Å². The number of piperidine rings is 1. The molecule has 0 bridgehead atoms. The predicted octanol–water partition coefficient (Wildman–Crippen LogP) is 3.23. The van der Waals surface area contributed by atoms with Gasteiger partial charge in [-0.1, -0.05) is 19.1 Å². The van der Waals surface area contributed by atoms with Gasteiger partial charge >= 0.3 is 0 Å². The highest BCUT2D eigenvalue weighted by Crippen LogP contribution is 2.27. The number of hydrogen-bond acceptors (Lipinski definition) is 5. The average Bonchev–Trinajstić information content (AvgIpc) is 2.67. The lowest BCUT2D eigenvalue weighted by Gasteiger charge is -2.31. The molecule has 3 heterocycles. The summed E-state index contributed by atoms with van der Waals surface area (Å²) in [5.74, 6) is 2.00. The minimum atomic E-state index is -0.151. The Bertz CT molecular complexity index is 981. The third-order valence-corrected chi connectivity index (χ3v) is 4.95. The number of aromatic nitrogens is 3. The Balaban J connectivity index is 1.80. The number of anilines is 1. The molecule has 4 rings (SSSR count). The number of pyridine rings is 1. The molecule has 1 N–H and O–H groups in total. The lowest BCUT2D eigenvalue weighted by Crippen LogP contribution is -2.36. The summed E-state index contributed by atoms with van der Waals surface area (Å²) in [4.78, 5) is 27.0. The average molecular weight is 350 g/mol. The molecule has 0 spiro atoms. The van der Waals surface area contributed by atoms with Crippen LogP contribution < -0.4 is 15.2 Å². The van der Waals surface area contributed by atoms with Gasteiger partial charge in [0.1, 0.15) is 5.75 Å². The van der Waals surface area contributed by atoms with Crippen molar-refractivity contribution in [3.63, 3.8) is 0 Å². The van der Waals surface area contributed by atoms with Crippen LogP contribution >= 0.6 is 0 Å². The van der Waals surface area contributed by atoms with Crippen molar-refractivity contribution in [1.29, 1.82) is 0 Å². The molecule has 6 heteroatoms. The van der Waals surface area contributed by atoms with Crippen molar-refractivity contribution >= 4 is 17.0 Å². The molecule has 1 unspecified atom stereocenters. The van der Waals surface area contributed by atoms with E-state index in [9.17, 15) is 4.79 Å². The summed E-state index contributed by atoms with van der Waals surface area (Å²) in [6, 6.07) is 9.49. The van der Waals surface area contributed by atoms with Gasteiger partial charge in [0, 0.05) is 19.3 Å². The van der Waals surface area contributed by atoms with Crippen molar-refractivity contribution in [1.82, 2.24) is 15.0 Å². The second kappa shape index (κ2) is 6.78. The van der Waals surface area contributed by atoms with Gasteiger partial charge in [0.15, 0.2) is 5.65 Å². The molecular formula is C20H22N4O2. The zero-order chi connectivity index (χ0) is 18.1. The fourth-order valence-corrected chi connectivity index (χ4v) is 3.59. The van der Waals surface area contributed by atoms with Crippen molar-refractivity contribution < 1.29 is 4.74 Å². The molecule has 1 fully saturated rings. The van der Waals surface area contributed by atoms with Gasteiger partial charge in [-0.25, -0.2) is 4.98 Å². The maximum absolute atomic E-state index is 12.9. The van der Waals surface area contributed by atoms with Crippen LogP contribution in [0.1, 0.15) is 19.8 Å². The van der Waals surface area contributed by atoms with E-state index in [1.807, 2.05) is 30.3 Å². The Labute approximate surface area is 151 Å². The first-order valence-corrected chi connectivity index (χ1v) is 8.94. The summed E-state index contributed by atoms with van der Waals surface area (Å²) in [6.45, 7) is 4.05. The van der Waals surface area contributed by atoms with Crippen LogP contribution in [0.4, 0.5) is 5.95 Å². The third kappa shape index (κ3) is 3.03. The van der Waals surface area contributed by atoms with E-state index in [1.165, 1.54) is 6.42 Å². The molecule has 26 heavy (non-hydrogen) atoms. The van der Waals surface area contributed by atoms with E-state index in [4.69, 9.17) is 4.74 Å². The van der Waals surface area contributed by atoms with Gasteiger partial charge in [-0.15, -0.1) is 0 Å². The molecule has 0 saturated carbocycles. The maximum Gasteiger partial charge on any atom is 0.262 e. The number of aromatic amines is 1. The van der Waals surface area contributed by atoms with Crippen LogP contribution in [0.3, 0.4) is 0 Å². The minimum absolute atomic E-state index is 0.151. The molecule has 0 aliphatic carbocycles. The number of nitrogens with one attached hydrogen (secondary N) is 1. The SMILES string of the molecule is COc1ccc(-c2ccnc3nc(N4CCCC(C)C4)[nH]c(=O)c23)cc1. The number of hydrogen-bond donors (Lipinski definition) is 1. The number of rotatable bonds is 3. The summed E-state index contributed by atoms with van der Waals surface area (Å²) in [7, 11) is 1.63. The van der Waals surface area contributed by atoms with Crippen LogP contribution in [-0.4, -0.2) is 35.2 Å². The lowest BCUT2D eigenvalue weighted by molar-refractivity contribution is 0.415. The normalized spacial score (nSPS) is 17.5. The number of benzene rings is 1. The largest absolute Gasteiger partial charge is 0.497 e. The Kier molecular flexibility index (Phi) is 4.32. The molecule has 1 saturated heterocycles. The molecular weight excluding hydrogens is 328 g/mol. The van der Waals surface area contributed by atoms with E-state index in [1.54, 1.807) is 13.3 Å². The van der Waals surface area contributed by atoms with E-state index in [2.05, 4.69) is 26.8 Å². The van der Waals surface area contributed by atoms with Crippen LogP contribution in [0.15, 0.2) is 41.3 Å². The van der Waals surface area contributed by atoms with Crippen LogP contribution in [0, 0.1) is 5.92 Å². The van der Waals surface area contributed by atoms with E-state index >= 15 is 0 Å². The molecule has 6 nitrogen and oxygen atoms in total. The van der Waals surface area contributed by atoms with Gasteiger partial charge in [-0.05, 0) is 48.1 Å². The molecule has 2 aromatic heterocycles. The van der Waals surface area contributed by atoms with Crippen molar-refractivity contribution in [2.75, 3.05) is 25.1 Å². The molecule has 1 aromatic carbocycles. The number of ether oxygens (including phenoxy) is 1. The van der Waals surface area contributed by atoms with Crippen molar-refractivity contribution in [2.24, 2.45) is 5.92 Å². The van der Waals surface area contributed by atoms with Crippen molar-refractivity contribution in [3.05, 3.63) is 46.9 Å². The summed E-state index contributed by atoms with van der Waals surface area (Å²) in [6.07, 6.45) is 4.04. The molecule has 3 aromatic rings. The van der Waals surface area contributed by atoms with Gasteiger partial charge < -0.3 is 9.64 Å². The minimum Gasteiger partial charge on any atom is -0.497 e. The Hall–Kier alpha value is -2.89. The highest BCUT2D eigenvalue weighted by atomic mass is 16.5. The molecule has 0 amide bonds. The fourth-order valence-electron chi connectivity index (χ4n) is 3.59. The van der Waals surface area contributed by atoms with E-state index in [-0.39, 0.29) is 5.56 Å². The molecule has 1 aliphatic rings. The highest BCUT2D eigenvalue weighted by molar-refractivity contribution is 5.92. The second-order valence-corrected chi connectivity index (χ2v) is 6.87. The van der Waals surface area contributed by atoms with E-state index in [0.717, 1.165) is 36.4 Å². The summed E-state index contributed by atoms with van der Waals surface area (Å²) in [5, 5.41) is 0.520. The zero-order valence-corrected chi connectivity index (χ0v) is 15.0. The summed E-state index contributed by atoms with van der Waals surface area (Å²) >= 11 is 0. The van der Waals surface area contributed by atoms with Crippen LogP contribution in [0.2, 0.25) is 0 Å².